The molecule has 11 heteroatoms. The second kappa shape index (κ2) is 7.22. The molecule has 1 saturated heterocycles. The lowest BCUT2D eigenvalue weighted by atomic mass is 9.93. The Morgan fingerprint density at radius 2 is 2.00 bits per heavy atom. The van der Waals surface area contributed by atoms with Gasteiger partial charge in [0.2, 0.25) is 5.91 Å². The normalized spacial score (nSPS) is 31.9. The van der Waals surface area contributed by atoms with Crippen molar-refractivity contribution in [3.8, 4) is 0 Å². The number of sulfone groups is 1. The number of carbonyl (C=O) groups excluding carboxylic acids is 4. The van der Waals surface area contributed by atoms with E-state index in [1.807, 2.05) is 0 Å². The highest BCUT2D eigenvalue weighted by molar-refractivity contribution is 7.92. The van der Waals surface area contributed by atoms with Gasteiger partial charge in [0.1, 0.15) is 6.61 Å². The molecule has 1 aliphatic carbocycles. The summed E-state index contributed by atoms with van der Waals surface area (Å²) in [5.41, 5.74) is -1.75. The largest absolute Gasteiger partial charge is 0.468 e. The highest BCUT2D eigenvalue weighted by Crippen LogP contribution is 2.58. The summed E-state index contributed by atoms with van der Waals surface area (Å²) in [6.07, 6.45) is 0. The van der Waals surface area contributed by atoms with Crippen LogP contribution in [0.3, 0.4) is 0 Å². The van der Waals surface area contributed by atoms with Crippen molar-refractivity contribution in [3.05, 3.63) is 0 Å². The van der Waals surface area contributed by atoms with Crippen molar-refractivity contribution in [2.45, 2.75) is 24.6 Å². The van der Waals surface area contributed by atoms with E-state index in [-0.39, 0.29) is 19.7 Å². The molecule has 1 aliphatic heterocycles. The predicted octanol–water partition coefficient (Wildman–Crippen LogP) is -1.57. The number of carbonyl (C=O) groups is 4. The Hall–Kier alpha value is -2.17. The third-order valence-electron chi connectivity index (χ3n) is 4.75. The maximum Gasteiger partial charge on any atom is 0.333 e. The molecular weight excluding hydrogens is 370 g/mol. The summed E-state index contributed by atoms with van der Waals surface area (Å²) in [6.45, 7) is 2.48. The Morgan fingerprint density at radius 3 is 2.54 bits per heavy atom. The van der Waals surface area contributed by atoms with Crippen LogP contribution in [0.5, 0.6) is 0 Å². The maximum absolute atomic E-state index is 12.4. The number of fused-ring (bicyclic) bond motifs is 1. The van der Waals surface area contributed by atoms with E-state index in [0.717, 1.165) is 7.11 Å². The molecule has 1 heterocycles. The van der Waals surface area contributed by atoms with Crippen LogP contribution in [-0.2, 0) is 43.2 Å². The van der Waals surface area contributed by atoms with E-state index in [1.165, 1.54) is 13.8 Å². The molecule has 0 aromatic heterocycles. The third kappa shape index (κ3) is 3.53. The molecule has 26 heavy (non-hydrogen) atoms. The summed E-state index contributed by atoms with van der Waals surface area (Å²) in [6, 6.07) is 0. The van der Waals surface area contributed by atoms with Crippen LogP contribution in [0, 0.1) is 17.8 Å². The molecule has 2 aliphatic rings. The van der Waals surface area contributed by atoms with Crippen LogP contribution in [-0.4, -0.2) is 69.6 Å². The van der Waals surface area contributed by atoms with Crippen molar-refractivity contribution in [1.82, 2.24) is 5.32 Å². The van der Waals surface area contributed by atoms with Crippen molar-refractivity contribution in [2.24, 2.45) is 17.8 Å². The molecule has 0 unspecified atom stereocenters. The molecule has 10 nitrogen and oxygen atoms in total. The Labute approximate surface area is 150 Å². The van der Waals surface area contributed by atoms with Crippen LogP contribution in [0.15, 0.2) is 0 Å². The van der Waals surface area contributed by atoms with Gasteiger partial charge in [-0.1, -0.05) is 6.92 Å². The van der Waals surface area contributed by atoms with Crippen LogP contribution in [0.25, 0.3) is 0 Å². The van der Waals surface area contributed by atoms with E-state index >= 15 is 0 Å². The second-order valence-corrected chi connectivity index (χ2v) is 8.71. The topological polar surface area (TPSA) is 142 Å². The first-order valence-electron chi connectivity index (χ1n) is 7.91. The number of amides is 1. The number of ether oxygens (including phenoxy) is 3. The first kappa shape index (κ1) is 20.1. The smallest absolute Gasteiger partial charge is 0.333 e. The number of nitrogens with one attached hydrogen (secondary N) is 1. The van der Waals surface area contributed by atoms with Crippen molar-refractivity contribution in [1.29, 1.82) is 0 Å². The minimum Gasteiger partial charge on any atom is -0.468 e. The molecule has 0 aromatic rings. The van der Waals surface area contributed by atoms with Crippen LogP contribution < -0.4 is 5.32 Å². The first-order chi connectivity index (χ1) is 12.1. The van der Waals surface area contributed by atoms with E-state index in [1.54, 1.807) is 0 Å². The van der Waals surface area contributed by atoms with Gasteiger partial charge < -0.3 is 19.5 Å². The number of hydrogen-bond donors (Lipinski definition) is 1. The number of esters is 2. The molecule has 1 N–H and O–H groups in total. The summed E-state index contributed by atoms with van der Waals surface area (Å²) < 4.78 is 39.0. The highest BCUT2D eigenvalue weighted by atomic mass is 32.2. The Balaban J connectivity index is 2.24. The SMILES string of the molecule is COC(=O)[C@]1(NC(=O)[C@@H](C)COC(C)=O)CS(=O)(=O)[C@H]2[C@H](COC=O)[C@H]21. The highest BCUT2D eigenvalue weighted by Gasteiger charge is 2.77. The van der Waals surface area contributed by atoms with Crippen LogP contribution in [0.2, 0.25) is 0 Å². The van der Waals surface area contributed by atoms with Crippen molar-refractivity contribution in [3.63, 3.8) is 0 Å². The average molecular weight is 391 g/mol. The molecular formula is C15H21NO9S. The van der Waals surface area contributed by atoms with Gasteiger partial charge in [0.15, 0.2) is 15.4 Å². The average Bonchev–Trinajstić information content (AvgIpc) is 3.26. The fourth-order valence-electron chi connectivity index (χ4n) is 3.55. The maximum atomic E-state index is 12.4. The van der Waals surface area contributed by atoms with Gasteiger partial charge in [-0.05, 0) is 0 Å². The second-order valence-electron chi connectivity index (χ2n) is 6.55. The number of methoxy groups -OCH3 is 1. The van der Waals surface area contributed by atoms with Gasteiger partial charge in [-0.25, -0.2) is 13.2 Å². The fourth-order valence-corrected chi connectivity index (χ4v) is 6.33. The molecule has 0 bridgehead atoms. The quantitative estimate of drug-likeness (QED) is 0.295. The summed E-state index contributed by atoms with van der Waals surface area (Å²) in [5, 5.41) is 1.61. The molecule has 0 aromatic carbocycles. The van der Waals surface area contributed by atoms with E-state index in [2.05, 4.69) is 10.1 Å². The molecule has 1 amide bonds. The molecule has 0 spiro atoms. The molecule has 2 fully saturated rings. The van der Waals surface area contributed by atoms with Gasteiger partial charge in [0.25, 0.3) is 6.47 Å². The van der Waals surface area contributed by atoms with Gasteiger partial charge >= 0.3 is 11.9 Å². The number of rotatable bonds is 8. The molecule has 1 saturated carbocycles. The van der Waals surface area contributed by atoms with Crippen LogP contribution in [0.4, 0.5) is 0 Å². The summed E-state index contributed by atoms with van der Waals surface area (Å²) in [5.74, 6) is -4.82. The zero-order chi connectivity index (χ0) is 19.7. The van der Waals surface area contributed by atoms with E-state index in [9.17, 15) is 27.6 Å². The molecule has 2 rings (SSSR count). The lowest BCUT2D eigenvalue weighted by molar-refractivity contribution is -0.153. The minimum atomic E-state index is -3.69. The third-order valence-corrected chi connectivity index (χ3v) is 7.08. The number of hydrogen-bond acceptors (Lipinski definition) is 9. The zero-order valence-electron chi connectivity index (χ0n) is 14.6. The van der Waals surface area contributed by atoms with Gasteiger partial charge in [-0.15, -0.1) is 0 Å². The van der Waals surface area contributed by atoms with Crippen molar-refractivity contribution < 1.29 is 41.8 Å². The Bertz CT molecular complexity index is 719. The van der Waals surface area contributed by atoms with Gasteiger partial charge in [-0.3, -0.25) is 14.4 Å². The van der Waals surface area contributed by atoms with Gasteiger partial charge in [0.05, 0.1) is 30.6 Å². The van der Waals surface area contributed by atoms with E-state index in [0.29, 0.717) is 0 Å². The van der Waals surface area contributed by atoms with Crippen LogP contribution in [0.1, 0.15) is 13.8 Å². The first-order valence-corrected chi connectivity index (χ1v) is 9.63. The molecule has 146 valence electrons. The zero-order valence-corrected chi connectivity index (χ0v) is 15.4. The van der Waals surface area contributed by atoms with Crippen LogP contribution >= 0.6 is 0 Å². The monoisotopic (exact) mass is 391 g/mol. The summed E-state index contributed by atoms with van der Waals surface area (Å²) in [4.78, 5) is 46.1. The lowest BCUT2D eigenvalue weighted by Crippen LogP contribution is -2.60. The Morgan fingerprint density at radius 1 is 1.35 bits per heavy atom. The summed E-state index contributed by atoms with van der Waals surface area (Å²) >= 11 is 0. The van der Waals surface area contributed by atoms with E-state index < -0.39 is 62.0 Å². The molecule has 0 radical (unpaired) electrons. The van der Waals surface area contributed by atoms with Gasteiger partial charge in [-0.2, -0.15) is 0 Å². The van der Waals surface area contributed by atoms with E-state index in [4.69, 9.17) is 9.47 Å². The van der Waals surface area contributed by atoms with Crippen molar-refractivity contribution >= 4 is 34.2 Å². The van der Waals surface area contributed by atoms with Crippen molar-refractivity contribution in [2.75, 3.05) is 26.1 Å². The molecule has 5 atom stereocenters. The van der Waals surface area contributed by atoms with Gasteiger partial charge in [0, 0.05) is 18.8 Å². The standard InChI is InChI=1S/C15H21NO9S/c1-8(4-25-9(2)18)13(19)16-15(14(20)23-3)6-26(21,22)12-10(11(12)15)5-24-7-17/h7-8,10-12H,4-6H2,1-3H3,(H,16,19)/t8-,10+,11+,12-,15-/m0/s1. The Kier molecular flexibility index (Phi) is 5.59. The lowest BCUT2D eigenvalue weighted by Gasteiger charge is -2.30. The predicted molar refractivity (Wildman–Crippen MR) is 85.3 cm³/mol. The minimum absolute atomic E-state index is 0.171. The summed E-state index contributed by atoms with van der Waals surface area (Å²) in [7, 11) is -2.59. The fraction of sp³-hybridized carbons (Fsp3) is 0.733.